The highest BCUT2D eigenvalue weighted by Gasteiger charge is 2.23. The van der Waals surface area contributed by atoms with E-state index in [9.17, 15) is 0 Å². The molecule has 0 unspecified atom stereocenters. The van der Waals surface area contributed by atoms with Gasteiger partial charge in [0.1, 0.15) is 5.58 Å². The standard InChI is InChI=1S/C54H35NO/c1-4-15-36(16-5-1)39-27-28-41-34-42(30-29-40(41)33-39)55(50-25-14-24-48-46-22-12-13-26-51(46)56-54(48)50)43-31-32-45-44-21-10-11-23-47(44)52(37-17-6-2-7-18-37)53(49(45)35-43)38-19-8-3-9-20-38/h1-35H. The minimum Gasteiger partial charge on any atom is -0.454 e. The number of benzene rings is 10. The molecule has 0 aliphatic rings. The smallest absolute Gasteiger partial charge is 0.159 e. The van der Waals surface area contributed by atoms with Gasteiger partial charge in [-0.1, -0.05) is 170 Å². The molecule has 0 N–H and O–H groups in total. The van der Waals surface area contributed by atoms with E-state index in [1.807, 2.05) is 6.07 Å². The highest BCUT2D eigenvalue weighted by atomic mass is 16.3. The first-order valence-electron chi connectivity index (χ1n) is 19.2. The van der Waals surface area contributed by atoms with Gasteiger partial charge in [-0.2, -0.15) is 0 Å². The van der Waals surface area contributed by atoms with E-state index < -0.39 is 0 Å². The summed E-state index contributed by atoms with van der Waals surface area (Å²) in [5, 5.41) is 9.47. The van der Waals surface area contributed by atoms with Crippen LogP contribution in [0.4, 0.5) is 17.1 Å². The Balaban J connectivity index is 1.20. The molecule has 0 amide bonds. The van der Waals surface area contributed by atoms with Crippen LogP contribution in [0.5, 0.6) is 0 Å². The van der Waals surface area contributed by atoms with Crippen LogP contribution in [0.1, 0.15) is 0 Å². The summed E-state index contributed by atoms with van der Waals surface area (Å²) in [5.74, 6) is 0. The fourth-order valence-corrected chi connectivity index (χ4v) is 8.65. The molecule has 2 nitrogen and oxygen atoms in total. The summed E-state index contributed by atoms with van der Waals surface area (Å²) in [6.07, 6.45) is 0. The van der Waals surface area contributed by atoms with Crippen molar-refractivity contribution in [1.29, 1.82) is 0 Å². The zero-order valence-electron chi connectivity index (χ0n) is 30.6. The second kappa shape index (κ2) is 13.2. The number of rotatable bonds is 6. The van der Waals surface area contributed by atoms with Gasteiger partial charge < -0.3 is 9.32 Å². The first kappa shape index (κ1) is 32.0. The van der Waals surface area contributed by atoms with E-state index in [0.717, 1.165) is 39.0 Å². The van der Waals surface area contributed by atoms with Crippen molar-refractivity contribution in [2.24, 2.45) is 0 Å². The molecule has 0 saturated carbocycles. The van der Waals surface area contributed by atoms with E-state index in [1.54, 1.807) is 0 Å². The van der Waals surface area contributed by atoms with E-state index in [0.29, 0.717) is 0 Å². The predicted molar refractivity (Wildman–Crippen MR) is 237 cm³/mol. The fourth-order valence-electron chi connectivity index (χ4n) is 8.65. The van der Waals surface area contributed by atoms with E-state index >= 15 is 0 Å². The number of anilines is 3. The van der Waals surface area contributed by atoms with Gasteiger partial charge in [-0.05, 0) is 108 Å². The van der Waals surface area contributed by atoms with Gasteiger partial charge in [-0.15, -0.1) is 0 Å². The molecular formula is C54H35NO. The number of hydrogen-bond donors (Lipinski definition) is 0. The molecule has 0 atom stereocenters. The van der Waals surface area contributed by atoms with E-state index in [-0.39, 0.29) is 0 Å². The zero-order chi connectivity index (χ0) is 37.0. The van der Waals surface area contributed by atoms with Crippen molar-refractivity contribution < 1.29 is 4.42 Å². The van der Waals surface area contributed by atoms with Gasteiger partial charge >= 0.3 is 0 Å². The van der Waals surface area contributed by atoms with Crippen LogP contribution < -0.4 is 4.90 Å². The lowest BCUT2D eigenvalue weighted by Crippen LogP contribution is -2.10. The van der Waals surface area contributed by atoms with Gasteiger partial charge in [0, 0.05) is 22.1 Å². The highest BCUT2D eigenvalue weighted by Crippen LogP contribution is 2.48. The lowest BCUT2D eigenvalue weighted by molar-refractivity contribution is 0.669. The molecular weight excluding hydrogens is 679 g/mol. The molecule has 0 bridgehead atoms. The Morgan fingerprint density at radius 1 is 0.304 bits per heavy atom. The Kier molecular flexibility index (Phi) is 7.53. The summed E-state index contributed by atoms with van der Waals surface area (Å²) < 4.78 is 6.73. The molecule has 0 aliphatic carbocycles. The number of hydrogen-bond acceptors (Lipinski definition) is 2. The van der Waals surface area contributed by atoms with Crippen LogP contribution in [0.15, 0.2) is 217 Å². The van der Waals surface area contributed by atoms with Crippen LogP contribution in [0.2, 0.25) is 0 Å². The number of fused-ring (bicyclic) bond motifs is 7. The predicted octanol–water partition coefficient (Wildman–Crippen LogP) is 15.5. The summed E-state index contributed by atoms with van der Waals surface area (Å²) in [6.45, 7) is 0. The minimum atomic E-state index is 0.861. The van der Waals surface area contributed by atoms with Crippen molar-refractivity contribution in [3.63, 3.8) is 0 Å². The maximum absolute atomic E-state index is 6.73. The number of furan rings is 1. The van der Waals surface area contributed by atoms with Crippen molar-refractivity contribution in [1.82, 2.24) is 0 Å². The Hall–Kier alpha value is -7.42. The van der Waals surface area contributed by atoms with Gasteiger partial charge in [0.2, 0.25) is 0 Å². The minimum absolute atomic E-state index is 0.861. The second-order valence-corrected chi connectivity index (χ2v) is 14.5. The molecule has 0 fully saturated rings. The summed E-state index contributed by atoms with van der Waals surface area (Å²) in [6, 6.07) is 76.5. The number of nitrogens with zero attached hydrogens (tertiary/aromatic N) is 1. The van der Waals surface area contributed by atoms with Crippen LogP contribution in [-0.4, -0.2) is 0 Å². The van der Waals surface area contributed by atoms with Crippen molar-refractivity contribution in [2.45, 2.75) is 0 Å². The van der Waals surface area contributed by atoms with Gasteiger partial charge in [0.15, 0.2) is 5.58 Å². The molecule has 262 valence electrons. The van der Waals surface area contributed by atoms with Crippen molar-refractivity contribution in [2.75, 3.05) is 4.90 Å². The van der Waals surface area contributed by atoms with Crippen molar-refractivity contribution >= 4 is 71.3 Å². The molecule has 0 aliphatic heterocycles. The largest absolute Gasteiger partial charge is 0.454 e. The molecule has 2 heteroatoms. The summed E-state index contributed by atoms with van der Waals surface area (Å²) in [7, 11) is 0. The lowest BCUT2D eigenvalue weighted by Gasteiger charge is -2.27. The first-order chi connectivity index (χ1) is 27.8. The summed E-state index contributed by atoms with van der Waals surface area (Å²) in [5.41, 5.74) is 12.1. The van der Waals surface area contributed by atoms with Crippen LogP contribution >= 0.6 is 0 Å². The molecule has 56 heavy (non-hydrogen) atoms. The average molecular weight is 714 g/mol. The third-order valence-electron chi connectivity index (χ3n) is 11.2. The van der Waals surface area contributed by atoms with Gasteiger partial charge in [-0.3, -0.25) is 0 Å². The highest BCUT2D eigenvalue weighted by molar-refractivity contribution is 6.22. The quantitative estimate of drug-likeness (QED) is 0.160. The van der Waals surface area contributed by atoms with Gasteiger partial charge in [0.05, 0.1) is 5.69 Å². The number of para-hydroxylation sites is 2. The Bertz CT molecular complexity index is 3240. The third kappa shape index (κ3) is 5.26. The van der Waals surface area contributed by atoms with Crippen LogP contribution in [0.25, 0.3) is 87.6 Å². The Labute approximate surface area is 325 Å². The zero-order valence-corrected chi connectivity index (χ0v) is 30.6. The Morgan fingerprint density at radius 2 is 0.839 bits per heavy atom. The van der Waals surface area contributed by atoms with Crippen molar-refractivity contribution in [3.8, 4) is 33.4 Å². The van der Waals surface area contributed by atoms with Crippen molar-refractivity contribution in [3.05, 3.63) is 212 Å². The van der Waals surface area contributed by atoms with E-state index in [1.165, 1.54) is 65.7 Å². The first-order valence-corrected chi connectivity index (χ1v) is 19.2. The van der Waals surface area contributed by atoms with E-state index in [2.05, 4.69) is 211 Å². The third-order valence-corrected chi connectivity index (χ3v) is 11.2. The normalized spacial score (nSPS) is 11.6. The molecule has 1 heterocycles. The van der Waals surface area contributed by atoms with Gasteiger partial charge in [-0.25, -0.2) is 0 Å². The molecule has 0 spiro atoms. The molecule has 11 rings (SSSR count). The fraction of sp³-hybridized carbons (Fsp3) is 0. The topological polar surface area (TPSA) is 16.4 Å². The molecule has 1 aromatic heterocycles. The van der Waals surface area contributed by atoms with Gasteiger partial charge in [0.25, 0.3) is 0 Å². The molecule has 0 saturated heterocycles. The maximum Gasteiger partial charge on any atom is 0.159 e. The van der Waals surface area contributed by atoms with Crippen LogP contribution in [-0.2, 0) is 0 Å². The summed E-state index contributed by atoms with van der Waals surface area (Å²) in [4.78, 5) is 2.38. The SMILES string of the molecule is c1ccc(-c2ccc3cc(N(c4ccc5c(c4)c(-c4ccccc4)c(-c4ccccc4)c4ccccc45)c4cccc5c4oc4ccccc45)ccc3c2)cc1. The van der Waals surface area contributed by atoms with Crippen LogP contribution in [0, 0.1) is 0 Å². The average Bonchev–Trinajstić information content (AvgIpc) is 3.66. The van der Waals surface area contributed by atoms with Crippen LogP contribution in [0.3, 0.4) is 0 Å². The monoisotopic (exact) mass is 713 g/mol. The molecule has 11 aromatic rings. The maximum atomic E-state index is 6.73. The lowest BCUT2D eigenvalue weighted by atomic mass is 9.85. The van der Waals surface area contributed by atoms with E-state index in [4.69, 9.17) is 4.42 Å². The molecule has 0 radical (unpaired) electrons. The summed E-state index contributed by atoms with van der Waals surface area (Å²) >= 11 is 0. The Morgan fingerprint density at radius 3 is 1.59 bits per heavy atom. The molecule has 10 aromatic carbocycles. The second-order valence-electron chi connectivity index (χ2n) is 14.5.